The molecule has 0 saturated carbocycles. The molecule has 14 aromatic rings. The van der Waals surface area contributed by atoms with Gasteiger partial charge in [0, 0.05) is 69.5 Å². The van der Waals surface area contributed by atoms with Crippen LogP contribution in [-0.4, -0.2) is 19.5 Å². The molecule has 5 nitrogen and oxygen atoms in total. The molecule has 0 aliphatic rings. The molecular formula is C59H34N4OS. The number of hydrogen-bond donors (Lipinski definition) is 0. The van der Waals surface area contributed by atoms with Crippen LogP contribution in [0.15, 0.2) is 211 Å². The molecule has 302 valence electrons. The summed E-state index contributed by atoms with van der Waals surface area (Å²) >= 11 is 1.85. The maximum Gasteiger partial charge on any atom is 0.164 e. The van der Waals surface area contributed by atoms with Gasteiger partial charge in [0.15, 0.2) is 17.5 Å². The van der Waals surface area contributed by atoms with Gasteiger partial charge in [0.2, 0.25) is 0 Å². The normalized spacial score (nSPS) is 12.0. The maximum atomic E-state index is 6.36. The molecule has 0 bridgehead atoms. The first kappa shape index (κ1) is 36.1. The SMILES string of the molecule is c1ccc(-c2nc(-c3ccc(-n4c5ccccc5c5cc6ccccc6cc54)c(-c4c5ccccc5cc5sc6ccccc6c45)c3)nc(-c3ccc4c(c3)oc3ccccc34)n2)cc1. The van der Waals surface area contributed by atoms with Crippen LogP contribution >= 0.6 is 11.3 Å². The number of nitrogens with zero attached hydrogens (tertiary/aromatic N) is 4. The predicted molar refractivity (Wildman–Crippen MR) is 271 cm³/mol. The maximum absolute atomic E-state index is 6.36. The van der Waals surface area contributed by atoms with Gasteiger partial charge in [-0.1, -0.05) is 140 Å². The summed E-state index contributed by atoms with van der Waals surface area (Å²) < 4.78 is 11.3. The predicted octanol–water partition coefficient (Wildman–Crippen LogP) is 16.2. The Balaban J connectivity index is 1.09. The Labute approximate surface area is 376 Å². The molecule has 0 spiro atoms. The second-order valence-electron chi connectivity index (χ2n) is 16.7. The van der Waals surface area contributed by atoms with Gasteiger partial charge >= 0.3 is 0 Å². The van der Waals surface area contributed by atoms with E-state index < -0.39 is 0 Å². The van der Waals surface area contributed by atoms with E-state index in [0.29, 0.717) is 17.5 Å². The number of hydrogen-bond acceptors (Lipinski definition) is 5. The summed E-state index contributed by atoms with van der Waals surface area (Å²) in [6.07, 6.45) is 0. The van der Waals surface area contributed by atoms with Crippen LogP contribution in [0.3, 0.4) is 0 Å². The van der Waals surface area contributed by atoms with Gasteiger partial charge in [-0.2, -0.15) is 0 Å². The molecule has 0 unspecified atom stereocenters. The monoisotopic (exact) mass is 846 g/mol. The van der Waals surface area contributed by atoms with Gasteiger partial charge in [0.05, 0.1) is 16.7 Å². The number of fused-ring (bicyclic) bond motifs is 11. The Morgan fingerprint density at radius 2 is 0.985 bits per heavy atom. The van der Waals surface area contributed by atoms with Crippen molar-refractivity contribution in [2.75, 3.05) is 0 Å². The molecule has 0 atom stereocenters. The fourth-order valence-corrected chi connectivity index (χ4v) is 11.2. The first-order valence-corrected chi connectivity index (χ1v) is 22.7. The van der Waals surface area contributed by atoms with Gasteiger partial charge in [0.25, 0.3) is 0 Å². The number of furan rings is 1. The van der Waals surface area contributed by atoms with Crippen LogP contribution in [0.2, 0.25) is 0 Å². The molecule has 10 aromatic carbocycles. The van der Waals surface area contributed by atoms with Gasteiger partial charge < -0.3 is 8.98 Å². The number of rotatable bonds is 5. The highest BCUT2D eigenvalue weighted by molar-refractivity contribution is 7.26. The van der Waals surface area contributed by atoms with Crippen molar-refractivity contribution in [2.45, 2.75) is 0 Å². The molecule has 0 radical (unpaired) electrons. The van der Waals surface area contributed by atoms with Crippen molar-refractivity contribution in [1.29, 1.82) is 0 Å². The van der Waals surface area contributed by atoms with Gasteiger partial charge in [-0.25, -0.2) is 15.0 Å². The molecule has 0 amide bonds. The van der Waals surface area contributed by atoms with E-state index in [2.05, 4.69) is 174 Å². The number of benzene rings is 10. The first-order chi connectivity index (χ1) is 32.2. The molecule has 0 aliphatic heterocycles. The van der Waals surface area contributed by atoms with Gasteiger partial charge in [-0.3, -0.25) is 0 Å². The largest absolute Gasteiger partial charge is 0.456 e. The zero-order valence-electron chi connectivity index (χ0n) is 34.7. The summed E-state index contributed by atoms with van der Waals surface area (Å²) in [5.41, 5.74) is 9.96. The lowest BCUT2D eigenvalue weighted by atomic mass is 9.91. The van der Waals surface area contributed by atoms with Crippen molar-refractivity contribution in [3.63, 3.8) is 0 Å². The van der Waals surface area contributed by atoms with E-state index in [9.17, 15) is 0 Å². The van der Waals surface area contributed by atoms with E-state index in [1.807, 2.05) is 47.7 Å². The Hall–Kier alpha value is -8.45. The van der Waals surface area contributed by atoms with Crippen LogP contribution in [0.1, 0.15) is 0 Å². The second-order valence-corrected chi connectivity index (χ2v) is 17.8. The standard InChI is InChI=1S/C59H34N4OS/c1-2-14-35(15-3-1)57-60-58(62-59(61-57)40-26-28-44-43-21-9-12-24-51(43)64-52(44)33-40)39-27-29-49(63-48-23-11-8-20-42(48)46-30-36-16-4-5-17-37(36)32-50(46)63)47(31-39)55-41-19-7-6-18-38(41)34-54-56(55)45-22-10-13-25-53(45)65-54/h1-34H. The highest BCUT2D eigenvalue weighted by Crippen LogP contribution is 2.48. The molecular weight excluding hydrogens is 813 g/mol. The van der Waals surface area contributed by atoms with E-state index >= 15 is 0 Å². The number of aromatic nitrogens is 4. The highest BCUT2D eigenvalue weighted by atomic mass is 32.1. The molecule has 4 aromatic heterocycles. The third-order valence-electron chi connectivity index (χ3n) is 13.0. The Kier molecular flexibility index (Phi) is 7.79. The fraction of sp³-hybridized carbons (Fsp3) is 0. The summed E-state index contributed by atoms with van der Waals surface area (Å²) in [4.78, 5) is 15.7. The minimum atomic E-state index is 0.576. The summed E-state index contributed by atoms with van der Waals surface area (Å²) in [6.45, 7) is 0. The average molecular weight is 847 g/mol. The van der Waals surface area contributed by atoms with E-state index in [0.717, 1.165) is 60.9 Å². The van der Waals surface area contributed by atoms with Crippen molar-refractivity contribution < 1.29 is 4.42 Å². The molecule has 14 rings (SSSR count). The molecule has 0 aliphatic carbocycles. The fourth-order valence-electron chi connectivity index (χ4n) is 10.0. The van der Waals surface area contributed by atoms with E-state index in [-0.39, 0.29) is 0 Å². The molecule has 0 N–H and O–H groups in total. The third-order valence-corrected chi connectivity index (χ3v) is 14.1. The lowest BCUT2D eigenvalue weighted by molar-refractivity contribution is 0.669. The van der Waals surface area contributed by atoms with E-state index in [1.165, 1.54) is 58.1 Å². The lowest BCUT2D eigenvalue weighted by Gasteiger charge is -2.19. The third kappa shape index (κ3) is 5.61. The van der Waals surface area contributed by atoms with Crippen LogP contribution in [0, 0.1) is 0 Å². The Morgan fingerprint density at radius 1 is 0.369 bits per heavy atom. The van der Waals surface area contributed by atoms with Crippen LogP contribution in [0.5, 0.6) is 0 Å². The molecule has 0 fully saturated rings. The average Bonchev–Trinajstić information content (AvgIpc) is 4.03. The second kappa shape index (κ2) is 14.0. The Bertz CT molecular complexity index is 4260. The topological polar surface area (TPSA) is 56.7 Å². The molecule has 6 heteroatoms. The first-order valence-electron chi connectivity index (χ1n) is 21.8. The van der Waals surface area contributed by atoms with Crippen LogP contribution in [-0.2, 0) is 0 Å². The lowest BCUT2D eigenvalue weighted by Crippen LogP contribution is -2.02. The van der Waals surface area contributed by atoms with E-state index in [1.54, 1.807) is 0 Å². The van der Waals surface area contributed by atoms with Crippen molar-refractivity contribution >= 4 is 96.8 Å². The van der Waals surface area contributed by atoms with Crippen LogP contribution < -0.4 is 0 Å². The van der Waals surface area contributed by atoms with Gasteiger partial charge in [-0.05, 0) is 88.3 Å². The highest BCUT2D eigenvalue weighted by Gasteiger charge is 2.23. The smallest absolute Gasteiger partial charge is 0.164 e. The minimum Gasteiger partial charge on any atom is -0.456 e. The van der Waals surface area contributed by atoms with Crippen molar-refractivity contribution in [3.05, 3.63) is 206 Å². The van der Waals surface area contributed by atoms with Gasteiger partial charge in [-0.15, -0.1) is 11.3 Å². The minimum absolute atomic E-state index is 0.576. The van der Waals surface area contributed by atoms with Crippen molar-refractivity contribution in [1.82, 2.24) is 19.5 Å². The summed E-state index contributed by atoms with van der Waals surface area (Å²) in [7, 11) is 0. The molecule has 4 heterocycles. The van der Waals surface area contributed by atoms with Crippen LogP contribution in [0.4, 0.5) is 0 Å². The zero-order valence-corrected chi connectivity index (χ0v) is 35.6. The van der Waals surface area contributed by atoms with E-state index in [4.69, 9.17) is 19.4 Å². The van der Waals surface area contributed by atoms with Gasteiger partial charge in [0.1, 0.15) is 11.2 Å². The number of thiophene rings is 1. The Morgan fingerprint density at radius 3 is 1.82 bits per heavy atom. The van der Waals surface area contributed by atoms with Crippen molar-refractivity contribution in [3.8, 4) is 51.0 Å². The summed E-state index contributed by atoms with van der Waals surface area (Å²) in [5, 5.41) is 11.9. The number of para-hydroxylation sites is 2. The molecule has 65 heavy (non-hydrogen) atoms. The summed E-state index contributed by atoms with van der Waals surface area (Å²) in [5.74, 6) is 1.77. The molecule has 0 saturated heterocycles. The zero-order chi connectivity index (χ0) is 42.6. The quantitative estimate of drug-likeness (QED) is 0.173. The summed E-state index contributed by atoms with van der Waals surface area (Å²) in [6, 6.07) is 73.5. The van der Waals surface area contributed by atoms with Crippen LogP contribution in [0.25, 0.3) is 136 Å². The van der Waals surface area contributed by atoms with Crippen molar-refractivity contribution in [2.24, 2.45) is 0 Å².